The van der Waals surface area contributed by atoms with Gasteiger partial charge >= 0.3 is 5.69 Å². The average molecular weight is 296 g/mol. The number of nitrogens with one attached hydrogen (secondary N) is 2. The summed E-state index contributed by atoms with van der Waals surface area (Å²) in [6, 6.07) is 0. The van der Waals surface area contributed by atoms with Crippen molar-refractivity contribution in [2.75, 3.05) is 37.3 Å². The summed E-state index contributed by atoms with van der Waals surface area (Å²) in [5.41, 5.74) is -0.227. The molecule has 21 heavy (non-hydrogen) atoms. The van der Waals surface area contributed by atoms with E-state index < -0.39 is 4.92 Å². The smallest absolute Gasteiger partial charge is 0.353 e. The van der Waals surface area contributed by atoms with E-state index in [4.69, 9.17) is 0 Å². The number of nitro groups is 1. The molecule has 9 nitrogen and oxygen atoms in total. The van der Waals surface area contributed by atoms with Crippen LogP contribution in [0, 0.1) is 10.1 Å². The fraction of sp³-hybridized carbons (Fsp3) is 0.583. The SMILES string of the molecule is CCN(CC)C(=O)CCNc1ncnc(NC)c1[N+](=O)[O-]. The molecule has 0 saturated carbocycles. The highest BCUT2D eigenvalue weighted by Gasteiger charge is 2.22. The van der Waals surface area contributed by atoms with Crippen LogP contribution in [0.2, 0.25) is 0 Å². The number of amides is 1. The van der Waals surface area contributed by atoms with Crippen LogP contribution in [-0.2, 0) is 4.79 Å². The topological polar surface area (TPSA) is 113 Å². The lowest BCUT2D eigenvalue weighted by molar-refractivity contribution is -0.383. The number of rotatable bonds is 8. The molecule has 1 rings (SSSR count). The monoisotopic (exact) mass is 296 g/mol. The molecule has 1 aromatic rings. The van der Waals surface area contributed by atoms with Gasteiger partial charge in [-0.25, -0.2) is 9.97 Å². The summed E-state index contributed by atoms with van der Waals surface area (Å²) in [4.78, 5) is 31.7. The van der Waals surface area contributed by atoms with E-state index in [1.807, 2.05) is 13.8 Å². The maximum Gasteiger partial charge on any atom is 0.353 e. The van der Waals surface area contributed by atoms with Crippen molar-refractivity contribution in [1.29, 1.82) is 0 Å². The first kappa shape index (κ1) is 16.6. The molecular formula is C12H20N6O3. The first-order chi connectivity index (χ1) is 10.0. The Hall–Kier alpha value is -2.45. The minimum absolute atomic E-state index is 0.00181. The van der Waals surface area contributed by atoms with Crippen molar-refractivity contribution in [3.8, 4) is 0 Å². The second kappa shape index (κ2) is 7.98. The highest BCUT2D eigenvalue weighted by Crippen LogP contribution is 2.28. The van der Waals surface area contributed by atoms with Gasteiger partial charge in [-0.2, -0.15) is 0 Å². The van der Waals surface area contributed by atoms with Gasteiger partial charge in [0.05, 0.1) is 4.92 Å². The molecule has 9 heteroatoms. The van der Waals surface area contributed by atoms with Crippen LogP contribution >= 0.6 is 0 Å². The summed E-state index contributed by atoms with van der Waals surface area (Å²) in [7, 11) is 1.54. The van der Waals surface area contributed by atoms with Gasteiger partial charge in [-0.1, -0.05) is 0 Å². The molecule has 0 spiro atoms. The van der Waals surface area contributed by atoms with Gasteiger partial charge in [0.1, 0.15) is 6.33 Å². The number of carbonyl (C=O) groups is 1. The van der Waals surface area contributed by atoms with Crippen LogP contribution in [0.4, 0.5) is 17.3 Å². The molecule has 0 fully saturated rings. The zero-order valence-electron chi connectivity index (χ0n) is 12.4. The quantitative estimate of drug-likeness (QED) is 0.545. The normalized spacial score (nSPS) is 10.0. The molecule has 0 radical (unpaired) electrons. The third kappa shape index (κ3) is 4.26. The van der Waals surface area contributed by atoms with Crippen LogP contribution in [0.25, 0.3) is 0 Å². The number of hydrogen-bond donors (Lipinski definition) is 2. The van der Waals surface area contributed by atoms with Crippen LogP contribution in [0.5, 0.6) is 0 Å². The minimum atomic E-state index is -0.555. The molecule has 1 heterocycles. The summed E-state index contributed by atoms with van der Waals surface area (Å²) in [5, 5.41) is 16.5. The molecule has 0 aromatic carbocycles. The van der Waals surface area contributed by atoms with Crippen LogP contribution in [0.1, 0.15) is 20.3 Å². The number of aromatic nitrogens is 2. The summed E-state index contributed by atoms with van der Waals surface area (Å²) in [6.07, 6.45) is 1.48. The molecule has 116 valence electrons. The van der Waals surface area contributed by atoms with Gasteiger partial charge in [0, 0.05) is 33.1 Å². The molecule has 0 saturated heterocycles. The van der Waals surface area contributed by atoms with E-state index in [9.17, 15) is 14.9 Å². The number of carbonyl (C=O) groups excluding carboxylic acids is 1. The lowest BCUT2D eigenvalue weighted by atomic mass is 10.3. The van der Waals surface area contributed by atoms with Crippen LogP contribution in [0.3, 0.4) is 0 Å². The van der Waals surface area contributed by atoms with Crippen molar-refractivity contribution in [3.63, 3.8) is 0 Å². The fourth-order valence-corrected chi connectivity index (χ4v) is 1.89. The fourth-order valence-electron chi connectivity index (χ4n) is 1.89. The largest absolute Gasteiger partial charge is 0.367 e. The Labute approximate surface area is 122 Å². The Morgan fingerprint density at radius 1 is 1.33 bits per heavy atom. The lowest BCUT2D eigenvalue weighted by Gasteiger charge is -2.18. The summed E-state index contributed by atoms with van der Waals surface area (Å²) < 4.78 is 0. The summed E-state index contributed by atoms with van der Waals surface area (Å²) >= 11 is 0. The van der Waals surface area contributed by atoms with E-state index in [2.05, 4.69) is 20.6 Å². The van der Waals surface area contributed by atoms with Gasteiger partial charge in [0.25, 0.3) is 0 Å². The third-order valence-electron chi connectivity index (χ3n) is 2.99. The van der Waals surface area contributed by atoms with Gasteiger partial charge in [-0.15, -0.1) is 0 Å². The molecule has 1 aromatic heterocycles. The maximum absolute atomic E-state index is 11.8. The molecule has 0 atom stereocenters. The van der Waals surface area contributed by atoms with E-state index >= 15 is 0 Å². The predicted molar refractivity (Wildman–Crippen MR) is 79.3 cm³/mol. The lowest BCUT2D eigenvalue weighted by Crippen LogP contribution is -2.31. The molecule has 0 aliphatic heterocycles. The molecule has 1 amide bonds. The highest BCUT2D eigenvalue weighted by molar-refractivity contribution is 5.77. The Kier molecular flexibility index (Phi) is 6.31. The Morgan fingerprint density at radius 3 is 2.48 bits per heavy atom. The van der Waals surface area contributed by atoms with Crippen LogP contribution in [-0.4, -0.2) is 52.4 Å². The number of anilines is 2. The Balaban J connectivity index is 2.72. The van der Waals surface area contributed by atoms with Gasteiger partial charge in [-0.3, -0.25) is 14.9 Å². The van der Waals surface area contributed by atoms with Crippen molar-refractivity contribution >= 4 is 23.2 Å². The van der Waals surface area contributed by atoms with Gasteiger partial charge in [0.15, 0.2) is 0 Å². The third-order valence-corrected chi connectivity index (χ3v) is 2.99. The van der Waals surface area contributed by atoms with Crippen molar-refractivity contribution in [1.82, 2.24) is 14.9 Å². The predicted octanol–water partition coefficient (Wildman–Crippen LogP) is 1.10. The van der Waals surface area contributed by atoms with Crippen LogP contribution in [0.15, 0.2) is 6.33 Å². The van der Waals surface area contributed by atoms with E-state index in [0.717, 1.165) is 0 Å². The zero-order valence-corrected chi connectivity index (χ0v) is 12.4. The Bertz CT molecular complexity index is 504. The van der Waals surface area contributed by atoms with E-state index in [-0.39, 0.29) is 36.2 Å². The van der Waals surface area contributed by atoms with Crippen molar-refractivity contribution in [3.05, 3.63) is 16.4 Å². The van der Waals surface area contributed by atoms with Gasteiger partial charge in [0.2, 0.25) is 17.5 Å². The van der Waals surface area contributed by atoms with E-state index in [0.29, 0.717) is 13.1 Å². The molecule has 0 aliphatic rings. The van der Waals surface area contributed by atoms with Crippen LogP contribution < -0.4 is 10.6 Å². The van der Waals surface area contributed by atoms with E-state index in [1.165, 1.54) is 6.33 Å². The summed E-state index contributed by atoms with van der Waals surface area (Å²) in [6.45, 7) is 5.38. The molecule has 0 unspecified atom stereocenters. The molecule has 0 bridgehead atoms. The average Bonchev–Trinajstić information content (AvgIpc) is 2.47. The second-order valence-electron chi connectivity index (χ2n) is 4.17. The van der Waals surface area contributed by atoms with Gasteiger partial charge in [-0.05, 0) is 13.8 Å². The molecular weight excluding hydrogens is 276 g/mol. The van der Waals surface area contributed by atoms with E-state index in [1.54, 1.807) is 11.9 Å². The molecule has 2 N–H and O–H groups in total. The van der Waals surface area contributed by atoms with Crippen molar-refractivity contribution < 1.29 is 9.72 Å². The Morgan fingerprint density at radius 2 is 1.95 bits per heavy atom. The van der Waals surface area contributed by atoms with Crippen molar-refractivity contribution in [2.24, 2.45) is 0 Å². The number of hydrogen-bond acceptors (Lipinski definition) is 7. The summed E-state index contributed by atoms with van der Waals surface area (Å²) in [5.74, 6) is 0.234. The first-order valence-corrected chi connectivity index (χ1v) is 6.73. The zero-order chi connectivity index (χ0) is 15.8. The standard InChI is InChI=1S/C12H20N6O3/c1-4-17(5-2)9(19)6-7-14-12-10(18(20)21)11(13-3)15-8-16-12/h8H,4-7H2,1-3H3,(H2,13,14,15,16). The highest BCUT2D eigenvalue weighted by atomic mass is 16.6. The van der Waals surface area contributed by atoms with Crippen molar-refractivity contribution in [2.45, 2.75) is 20.3 Å². The van der Waals surface area contributed by atoms with Gasteiger partial charge < -0.3 is 15.5 Å². The molecule has 0 aliphatic carbocycles. The number of nitrogens with zero attached hydrogens (tertiary/aromatic N) is 4. The minimum Gasteiger partial charge on any atom is -0.367 e. The maximum atomic E-state index is 11.8. The first-order valence-electron chi connectivity index (χ1n) is 6.73. The second-order valence-corrected chi connectivity index (χ2v) is 4.17.